The standard InChI is InChI=1S/C4H9Cl.Mg/c1-4(2,3)5;/h1-3H3;. The van der Waals surface area contributed by atoms with Gasteiger partial charge in [0.15, 0.2) is 0 Å². The number of alkyl halides is 1. The molecule has 0 saturated carbocycles. The molecule has 0 spiro atoms. The fourth-order valence-electron chi connectivity index (χ4n) is 0. The summed E-state index contributed by atoms with van der Waals surface area (Å²) in [6.07, 6.45) is 0. The van der Waals surface area contributed by atoms with Gasteiger partial charge in [0.25, 0.3) is 0 Å². The molecule has 0 aliphatic heterocycles. The predicted molar refractivity (Wildman–Crippen MR) is 31.4 cm³/mol. The smallest absolute Gasteiger partial charge is 0.0362 e. The highest BCUT2D eigenvalue weighted by Gasteiger charge is 1.99. The molecule has 0 amide bonds. The number of hydrogen-bond acceptors (Lipinski definition) is 0. The maximum atomic E-state index is 5.53. The third-order valence-electron chi connectivity index (χ3n) is 0. The van der Waals surface area contributed by atoms with Crippen LogP contribution in [0, 0.1) is 0 Å². The van der Waals surface area contributed by atoms with E-state index in [1.54, 1.807) is 0 Å². The highest BCUT2D eigenvalue weighted by molar-refractivity contribution is 6.23. The molecular weight excluding hydrogens is 108 g/mol. The highest BCUT2D eigenvalue weighted by Crippen LogP contribution is 2.07. The maximum absolute atomic E-state index is 5.53. The molecule has 0 N–H and O–H groups in total. The molecule has 0 rings (SSSR count). The van der Waals surface area contributed by atoms with E-state index < -0.39 is 0 Å². The fourth-order valence-corrected chi connectivity index (χ4v) is 0. The zero-order valence-electron chi connectivity index (χ0n) is 4.59. The Balaban J connectivity index is 0. The molecule has 2 radical (unpaired) electrons. The van der Waals surface area contributed by atoms with Gasteiger partial charge in [-0.05, 0) is 20.8 Å². The van der Waals surface area contributed by atoms with Crippen molar-refractivity contribution in [3.05, 3.63) is 0 Å². The molecular formula is C4H9ClMg. The van der Waals surface area contributed by atoms with Crippen molar-refractivity contribution in [3.8, 4) is 0 Å². The van der Waals surface area contributed by atoms with E-state index in [9.17, 15) is 0 Å². The third-order valence-corrected chi connectivity index (χ3v) is 0. The van der Waals surface area contributed by atoms with E-state index in [0.29, 0.717) is 0 Å². The minimum absolute atomic E-state index is 0. The third kappa shape index (κ3) is 74.6. The zero-order valence-corrected chi connectivity index (χ0v) is 6.76. The number of halogens is 1. The van der Waals surface area contributed by atoms with Crippen LogP contribution in [-0.4, -0.2) is 27.9 Å². The summed E-state index contributed by atoms with van der Waals surface area (Å²) in [5.74, 6) is 0. The molecule has 0 unspecified atom stereocenters. The van der Waals surface area contributed by atoms with Crippen molar-refractivity contribution in [1.82, 2.24) is 0 Å². The van der Waals surface area contributed by atoms with Crippen LogP contribution in [0.4, 0.5) is 0 Å². The SMILES string of the molecule is CC(C)(C)Cl.[Mg]. The van der Waals surface area contributed by atoms with E-state index in [0.717, 1.165) is 0 Å². The summed E-state index contributed by atoms with van der Waals surface area (Å²) in [7, 11) is 0. The second kappa shape index (κ2) is 3.11. The average Bonchev–Trinajstić information content (AvgIpc) is 0.722. The van der Waals surface area contributed by atoms with Gasteiger partial charge in [-0.3, -0.25) is 0 Å². The molecule has 0 atom stereocenters. The van der Waals surface area contributed by atoms with Crippen LogP contribution < -0.4 is 0 Å². The van der Waals surface area contributed by atoms with Crippen molar-refractivity contribution in [2.45, 2.75) is 25.6 Å². The second-order valence-corrected chi connectivity index (χ2v) is 3.20. The molecule has 0 aromatic carbocycles. The summed E-state index contributed by atoms with van der Waals surface area (Å²) in [4.78, 5) is -0.0278. The van der Waals surface area contributed by atoms with E-state index in [-0.39, 0.29) is 27.9 Å². The van der Waals surface area contributed by atoms with E-state index in [1.165, 1.54) is 0 Å². The normalized spacial score (nSPS) is 10.0. The van der Waals surface area contributed by atoms with Gasteiger partial charge in [0.2, 0.25) is 0 Å². The summed E-state index contributed by atoms with van der Waals surface area (Å²) in [5, 5.41) is 0. The highest BCUT2D eigenvalue weighted by atomic mass is 35.5. The van der Waals surface area contributed by atoms with Gasteiger partial charge in [0, 0.05) is 27.9 Å². The molecule has 0 aliphatic rings. The first-order chi connectivity index (χ1) is 2.00. The predicted octanol–water partition coefficient (Wildman–Crippen LogP) is 1.64. The van der Waals surface area contributed by atoms with Crippen LogP contribution in [0.25, 0.3) is 0 Å². The topological polar surface area (TPSA) is 0 Å². The lowest BCUT2D eigenvalue weighted by Gasteiger charge is -2.01. The molecule has 34 valence electrons. The Morgan fingerprint density at radius 3 is 1.17 bits per heavy atom. The van der Waals surface area contributed by atoms with Crippen LogP contribution in [0.3, 0.4) is 0 Å². The Morgan fingerprint density at radius 2 is 1.17 bits per heavy atom. The molecule has 0 fully saturated rings. The Bertz CT molecular complexity index is 23.0. The lowest BCUT2D eigenvalue weighted by atomic mass is 10.3. The zero-order chi connectivity index (χ0) is 4.50. The van der Waals surface area contributed by atoms with Gasteiger partial charge in [-0.2, -0.15) is 0 Å². The lowest BCUT2D eigenvalue weighted by molar-refractivity contribution is 0.788. The van der Waals surface area contributed by atoms with Crippen molar-refractivity contribution in [2.75, 3.05) is 0 Å². The minimum Gasteiger partial charge on any atom is -0.120 e. The van der Waals surface area contributed by atoms with Crippen LogP contribution in [-0.2, 0) is 0 Å². The first kappa shape index (κ1) is 10.1. The lowest BCUT2D eigenvalue weighted by Crippen LogP contribution is -1.99. The van der Waals surface area contributed by atoms with Gasteiger partial charge in [0.1, 0.15) is 0 Å². The van der Waals surface area contributed by atoms with Crippen molar-refractivity contribution < 1.29 is 0 Å². The minimum atomic E-state index is -0.0278. The second-order valence-electron chi connectivity index (χ2n) is 2.07. The molecule has 6 heavy (non-hydrogen) atoms. The van der Waals surface area contributed by atoms with Crippen LogP contribution in [0.15, 0.2) is 0 Å². The summed E-state index contributed by atoms with van der Waals surface area (Å²) in [6.45, 7) is 5.86. The Labute approximate surface area is 60.4 Å². The van der Waals surface area contributed by atoms with Crippen molar-refractivity contribution in [2.24, 2.45) is 0 Å². The summed E-state index contributed by atoms with van der Waals surface area (Å²) < 4.78 is 0. The molecule has 0 heterocycles. The van der Waals surface area contributed by atoms with Gasteiger partial charge < -0.3 is 0 Å². The Morgan fingerprint density at radius 1 is 1.17 bits per heavy atom. The van der Waals surface area contributed by atoms with Gasteiger partial charge in [-0.1, -0.05) is 0 Å². The van der Waals surface area contributed by atoms with E-state index in [2.05, 4.69) is 0 Å². The van der Waals surface area contributed by atoms with Gasteiger partial charge in [-0.25, -0.2) is 0 Å². The number of rotatable bonds is 0. The number of hydrogen-bond donors (Lipinski definition) is 0. The van der Waals surface area contributed by atoms with Gasteiger partial charge in [-0.15, -0.1) is 11.6 Å². The Hall–Kier alpha value is 1.06. The van der Waals surface area contributed by atoms with E-state index in [1.807, 2.05) is 20.8 Å². The van der Waals surface area contributed by atoms with Gasteiger partial charge >= 0.3 is 0 Å². The van der Waals surface area contributed by atoms with E-state index in [4.69, 9.17) is 11.6 Å². The molecule has 0 bridgehead atoms. The van der Waals surface area contributed by atoms with Crippen molar-refractivity contribution in [3.63, 3.8) is 0 Å². The molecule has 0 aromatic rings. The van der Waals surface area contributed by atoms with Crippen LogP contribution in [0.2, 0.25) is 0 Å². The quantitative estimate of drug-likeness (QED) is 0.334. The molecule has 2 heteroatoms. The van der Waals surface area contributed by atoms with Crippen molar-refractivity contribution in [1.29, 1.82) is 0 Å². The molecule has 0 nitrogen and oxygen atoms in total. The molecule has 0 aliphatic carbocycles. The first-order valence-corrected chi connectivity index (χ1v) is 2.07. The Kier molecular flexibility index (Phi) is 5.25. The molecule has 0 aromatic heterocycles. The maximum Gasteiger partial charge on any atom is 0.0362 e. The average molecular weight is 117 g/mol. The fraction of sp³-hybridized carbons (Fsp3) is 1.00. The molecule has 0 saturated heterocycles. The van der Waals surface area contributed by atoms with Gasteiger partial charge in [0.05, 0.1) is 0 Å². The summed E-state index contributed by atoms with van der Waals surface area (Å²) >= 11 is 5.53. The van der Waals surface area contributed by atoms with Crippen LogP contribution in [0.5, 0.6) is 0 Å². The summed E-state index contributed by atoms with van der Waals surface area (Å²) in [6, 6.07) is 0. The first-order valence-electron chi connectivity index (χ1n) is 1.69. The monoisotopic (exact) mass is 116 g/mol. The summed E-state index contributed by atoms with van der Waals surface area (Å²) in [5.41, 5.74) is 0. The van der Waals surface area contributed by atoms with Crippen LogP contribution in [0.1, 0.15) is 20.8 Å². The van der Waals surface area contributed by atoms with E-state index >= 15 is 0 Å². The van der Waals surface area contributed by atoms with Crippen LogP contribution >= 0.6 is 11.6 Å². The van der Waals surface area contributed by atoms with Crippen molar-refractivity contribution >= 4 is 34.7 Å². The largest absolute Gasteiger partial charge is 0.120 e.